The molecule has 1 aromatic rings. The van der Waals surface area contributed by atoms with Gasteiger partial charge >= 0.3 is 10.3 Å². The molecule has 0 unspecified atom stereocenters. The second-order valence-corrected chi connectivity index (χ2v) is 7.41. The van der Waals surface area contributed by atoms with Gasteiger partial charge in [-0.25, -0.2) is 9.29 Å². The molecule has 1 saturated heterocycles. The quantitative estimate of drug-likeness (QED) is 0.211. The number of rotatable bonds is 7. The van der Waals surface area contributed by atoms with Gasteiger partial charge in [0.2, 0.25) is 0 Å². The summed E-state index contributed by atoms with van der Waals surface area (Å²) in [6, 6.07) is -2.59. The zero-order valence-electron chi connectivity index (χ0n) is 13.6. The Labute approximate surface area is 151 Å². The lowest BCUT2D eigenvalue weighted by atomic mass is 9.93. The molecule has 0 spiro atoms. The Hall–Kier alpha value is -2.58. The zero-order chi connectivity index (χ0) is 19.6. The summed E-state index contributed by atoms with van der Waals surface area (Å²) in [5, 5.41) is 7.41. The van der Waals surface area contributed by atoms with Crippen LogP contribution in [0.3, 0.4) is 0 Å². The average molecular weight is 405 g/mol. The predicted molar refractivity (Wildman–Crippen MR) is 89.5 cm³/mol. The van der Waals surface area contributed by atoms with Gasteiger partial charge in [-0.15, -0.1) is 11.3 Å². The monoisotopic (exact) mass is 405 g/mol. The standard InChI is InChI=1S/C12H15N5O7S2/c1-5(18)3-7-9(11(20)17(7)26(21,22)23)15-10(19)8(16-24-2)6-4-25-12(13)14-6/h4,7,9H,3H2,1-2H3,(H2,13,14)(H,15,19)(H,21,22,23)/b16-8-/t7-,9+/m1/s1. The van der Waals surface area contributed by atoms with Crippen LogP contribution in [0.1, 0.15) is 19.0 Å². The van der Waals surface area contributed by atoms with E-state index in [1.165, 1.54) is 19.4 Å². The summed E-state index contributed by atoms with van der Waals surface area (Å²) >= 11 is 1.05. The van der Waals surface area contributed by atoms with E-state index < -0.39 is 40.0 Å². The minimum Gasteiger partial charge on any atom is -0.398 e. The first-order chi connectivity index (χ1) is 12.1. The SMILES string of the molecule is CO/N=C(\C(=O)N[C@@H]1C(=O)N(S(=O)(=O)O)[C@@H]1CC(C)=O)c1csc(N)n1. The summed E-state index contributed by atoms with van der Waals surface area (Å²) in [6.45, 7) is 1.18. The van der Waals surface area contributed by atoms with Gasteiger partial charge in [-0.2, -0.15) is 8.42 Å². The van der Waals surface area contributed by atoms with Crippen LogP contribution in [-0.2, 0) is 29.5 Å². The van der Waals surface area contributed by atoms with Crippen LogP contribution < -0.4 is 11.1 Å². The number of hydrogen-bond donors (Lipinski definition) is 3. The van der Waals surface area contributed by atoms with Crippen molar-refractivity contribution in [1.29, 1.82) is 0 Å². The minimum atomic E-state index is -4.86. The first kappa shape index (κ1) is 19.7. The van der Waals surface area contributed by atoms with E-state index in [-0.39, 0.29) is 27.3 Å². The summed E-state index contributed by atoms with van der Waals surface area (Å²) in [7, 11) is -3.67. The molecule has 1 aliphatic rings. The lowest BCUT2D eigenvalue weighted by Crippen LogP contribution is -2.72. The topological polar surface area (TPSA) is 181 Å². The normalized spacial score (nSPS) is 20.5. The van der Waals surface area contributed by atoms with Crippen LogP contribution in [0, 0.1) is 0 Å². The van der Waals surface area contributed by atoms with Crippen LogP contribution in [0.4, 0.5) is 5.13 Å². The van der Waals surface area contributed by atoms with Gasteiger partial charge in [0.05, 0.1) is 6.04 Å². The van der Waals surface area contributed by atoms with E-state index in [1.54, 1.807) is 0 Å². The number of ketones is 1. The summed E-state index contributed by atoms with van der Waals surface area (Å²) < 4.78 is 31.8. The number of aromatic nitrogens is 1. The van der Waals surface area contributed by atoms with E-state index >= 15 is 0 Å². The van der Waals surface area contributed by atoms with Crippen molar-refractivity contribution >= 4 is 50.1 Å². The molecule has 0 bridgehead atoms. The molecule has 1 fully saturated rings. The number of nitrogen functional groups attached to an aromatic ring is 1. The van der Waals surface area contributed by atoms with Gasteiger partial charge in [0.15, 0.2) is 10.8 Å². The van der Waals surface area contributed by atoms with Crippen LogP contribution in [0.2, 0.25) is 0 Å². The molecule has 0 radical (unpaired) electrons. The first-order valence-electron chi connectivity index (χ1n) is 6.99. The summed E-state index contributed by atoms with van der Waals surface area (Å²) in [6.07, 6.45) is -0.378. The van der Waals surface area contributed by atoms with Gasteiger partial charge in [-0.3, -0.25) is 18.9 Å². The van der Waals surface area contributed by atoms with Gasteiger partial charge < -0.3 is 15.9 Å². The predicted octanol–water partition coefficient (Wildman–Crippen LogP) is -1.45. The molecular weight excluding hydrogens is 390 g/mol. The third kappa shape index (κ3) is 3.97. The van der Waals surface area contributed by atoms with Crippen molar-refractivity contribution in [3.63, 3.8) is 0 Å². The van der Waals surface area contributed by atoms with Crippen LogP contribution >= 0.6 is 11.3 Å². The van der Waals surface area contributed by atoms with E-state index in [1.807, 2.05) is 0 Å². The number of Topliss-reactive ketones (excluding diaryl/α,β-unsaturated/α-hetero) is 1. The van der Waals surface area contributed by atoms with Gasteiger partial charge in [-0.05, 0) is 6.92 Å². The summed E-state index contributed by atoms with van der Waals surface area (Å²) in [5.74, 6) is -2.41. The zero-order valence-corrected chi connectivity index (χ0v) is 15.2. The highest BCUT2D eigenvalue weighted by Crippen LogP contribution is 2.26. The molecule has 2 rings (SSSR count). The third-order valence-corrected chi connectivity index (χ3v) is 4.98. The van der Waals surface area contributed by atoms with Gasteiger partial charge in [0.1, 0.15) is 24.6 Å². The molecule has 1 aromatic heterocycles. The van der Waals surface area contributed by atoms with Crippen molar-refractivity contribution in [1.82, 2.24) is 14.6 Å². The van der Waals surface area contributed by atoms with E-state index in [2.05, 4.69) is 20.3 Å². The molecule has 4 N–H and O–H groups in total. The highest BCUT2D eigenvalue weighted by atomic mass is 32.2. The highest BCUT2D eigenvalue weighted by Gasteiger charge is 2.54. The fourth-order valence-electron chi connectivity index (χ4n) is 2.36. The number of carbonyl (C=O) groups excluding carboxylic acids is 3. The molecule has 1 aliphatic heterocycles. The number of oxime groups is 1. The van der Waals surface area contributed by atoms with E-state index in [0.29, 0.717) is 0 Å². The van der Waals surface area contributed by atoms with E-state index in [0.717, 1.165) is 11.3 Å². The molecule has 12 nitrogen and oxygen atoms in total. The Balaban J connectivity index is 2.24. The fraction of sp³-hybridized carbons (Fsp3) is 0.417. The number of thiazole rings is 1. The lowest BCUT2D eigenvalue weighted by Gasteiger charge is -2.43. The number of nitrogens with one attached hydrogen (secondary N) is 1. The molecular formula is C12H15N5O7S2. The van der Waals surface area contributed by atoms with Gasteiger partial charge in [-0.1, -0.05) is 5.16 Å². The highest BCUT2D eigenvalue weighted by molar-refractivity contribution is 7.84. The maximum atomic E-state index is 12.4. The Kier molecular flexibility index (Phi) is 5.58. The third-order valence-electron chi connectivity index (χ3n) is 3.36. The second-order valence-electron chi connectivity index (χ2n) is 5.23. The number of amides is 2. The molecule has 26 heavy (non-hydrogen) atoms. The number of nitrogens with zero attached hydrogens (tertiary/aromatic N) is 3. The van der Waals surface area contributed by atoms with Crippen LogP contribution in [-0.4, -0.2) is 64.8 Å². The van der Waals surface area contributed by atoms with Crippen LogP contribution in [0.15, 0.2) is 10.5 Å². The Bertz CT molecular complexity index is 878. The summed E-state index contributed by atoms with van der Waals surface area (Å²) in [4.78, 5) is 44.2. The Morgan fingerprint density at radius 1 is 1.54 bits per heavy atom. The molecule has 2 amide bonds. The van der Waals surface area contributed by atoms with Crippen molar-refractivity contribution < 1.29 is 32.2 Å². The average Bonchev–Trinajstić information content (AvgIpc) is 2.94. The summed E-state index contributed by atoms with van der Waals surface area (Å²) in [5.41, 5.74) is 5.30. The number of β-lactam (4-membered cyclic amide) rings is 1. The lowest BCUT2D eigenvalue weighted by molar-refractivity contribution is -0.146. The minimum absolute atomic E-state index is 0.0911. The molecule has 2 atom stereocenters. The fourth-order valence-corrected chi connectivity index (χ4v) is 3.79. The largest absolute Gasteiger partial charge is 0.398 e. The maximum absolute atomic E-state index is 12.4. The second kappa shape index (κ2) is 7.35. The molecule has 142 valence electrons. The number of hydrogen-bond acceptors (Lipinski definition) is 10. The number of carbonyl (C=O) groups is 3. The molecule has 0 aromatic carbocycles. The molecule has 2 heterocycles. The van der Waals surface area contributed by atoms with Crippen molar-refractivity contribution in [3.8, 4) is 0 Å². The van der Waals surface area contributed by atoms with Crippen molar-refractivity contribution in [2.45, 2.75) is 25.4 Å². The Morgan fingerprint density at radius 3 is 2.65 bits per heavy atom. The van der Waals surface area contributed by atoms with Crippen molar-refractivity contribution in [3.05, 3.63) is 11.1 Å². The first-order valence-corrected chi connectivity index (χ1v) is 9.27. The van der Waals surface area contributed by atoms with Gasteiger partial charge in [0.25, 0.3) is 11.8 Å². The van der Waals surface area contributed by atoms with E-state index in [9.17, 15) is 22.8 Å². The van der Waals surface area contributed by atoms with Crippen LogP contribution in [0.5, 0.6) is 0 Å². The maximum Gasteiger partial charge on any atom is 0.362 e. The van der Waals surface area contributed by atoms with Crippen LogP contribution in [0.25, 0.3) is 0 Å². The van der Waals surface area contributed by atoms with E-state index in [4.69, 9.17) is 10.3 Å². The van der Waals surface area contributed by atoms with Crippen molar-refractivity contribution in [2.75, 3.05) is 12.8 Å². The van der Waals surface area contributed by atoms with Gasteiger partial charge in [0, 0.05) is 11.8 Å². The number of anilines is 1. The number of nitrogens with two attached hydrogens (primary N) is 1. The van der Waals surface area contributed by atoms with Crippen molar-refractivity contribution in [2.24, 2.45) is 5.16 Å². The smallest absolute Gasteiger partial charge is 0.362 e. The molecule has 14 heteroatoms. The molecule has 0 saturated carbocycles. The Morgan fingerprint density at radius 2 is 2.19 bits per heavy atom. The molecule has 0 aliphatic carbocycles.